The molecule has 2 N–H and O–H groups in total. The third-order valence-corrected chi connectivity index (χ3v) is 2.92. The summed E-state index contributed by atoms with van der Waals surface area (Å²) in [5, 5.41) is 11.5. The van der Waals surface area contributed by atoms with Gasteiger partial charge in [0, 0.05) is 25.6 Å². The van der Waals surface area contributed by atoms with Gasteiger partial charge in [-0.3, -0.25) is 9.69 Å². The summed E-state index contributed by atoms with van der Waals surface area (Å²) in [6.45, 7) is 5.29. The van der Waals surface area contributed by atoms with Crippen LogP contribution in [0.25, 0.3) is 0 Å². The maximum absolute atomic E-state index is 11.3. The van der Waals surface area contributed by atoms with E-state index in [2.05, 4.69) is 17.1 Å². The van der Waals surface area contributed by atoms with Crippen molar-refractivity contribution >= 4 is 5.91 Å². The van der Waals surface area contributed by atoms with Crippen LogP contribution in [-0.4, -0.2) is 48.2 Å². The lowest BCUT2D eigenvalue weighted by molar-refractivity contribution is -0.121. The fourth-order valence-corrected chi connectivity index (χ4v) is 1.90. The van der Waals surface area contributed by atoms with Crippen LogP contribution in [0.3, 0.4) is 0 Å². The molecule has 0 aromatic carbocycles. The minimum Gasteiger partial charge on any atom is -0.396 e. The molecule has 1 unspecified atom stereocenters. The number of hydrogen-bond acceptors (Lipinski definition) is 3. The Kier molecular flexibility index (Phi) is 5.65. The van der Waals surface area contributed by atoms with Crippen LogP contribution >= 0.6 is 0 Å². The van der Waals surface area contributed by atoms with Crippen molar-refractivity contribution in [2.24, 2.45) is 0 Å². The number of aliphatic hydroxyl groups is 1. The van der Waals surface area contributed by atoms with E-state index in [0.29, 0.717) is 18.9 Å². The number of nitrogens with zero attached hydrogens (tertiary/aromatic N) is 1. The van der Waals surface area contributed by atoms with Crippen molar-refractivity contribution in [3.63, 3.8) is 0 Å². The van der Waals surface area contributed by atoms with E-state index in [1.165, 1.54) is 12.8 Å². The first kappa shape index (κ1) is 12.5. The first-order valence-electron chi connectivity index (χ1n) is 5.85. The van der Waals surface area contributed by atoms with E-state index in [9.17, 15) is 4.79 Å². The minimum atomic E-state index is 0.0510. The molecule has 0 aromatic heterocycles. The summed E-state index contributed by atoms with van der Waals surface area (Å²) in [6.07, 6.45) is 3.55. The number of nitrogens with one attached hydrogen (secondary N) is 1. The highest BCUT2D eigenvalue weighted by Gasteiger charge is 2.17. The largest absolute Gasteiger partial charge is 0.396 e. The maximum Gasteiger partial charge on any atom is 0.220 e. The van der Waals surface area contributed by atoms with Crippen LogP contribution in [0.5, 0.6) is 0 Å². The molecule has 4 heteroatoms. The SMILES string of the molecule is CC(CNC(=O)CCCO)N1CCCC1. The molecule has 4 nitrogen and oxygen atoms in total. The van der Waals surface area contributed by atoms with E-state index in [1.807, 2.05) is 0 Å². The van der Waals surface area contributed by atoms with Gasteiger partial charge in [0.2, 0.25) is 5.91 Å². The summed E-state index contributed by atoms with van der Waals surface area (Å²) in [6, 6.07) is 0.436. The zero-order valence-corrected chi connectivity index (χ0v) is 9.54. The van der Waals surface area contributed by atoms with Crippen LogP contribution in [0, 0.1) is 0 Å². The van der Waals surface area contributed by atoms with Crippen molar-refractivity contribution in [1.29, 1.82) is 0 Å². The van der Waals surface area contributed by atoms with Crippen LogP contribution in [0.15, 0.2) is 0 Å². The summed E-state index contributed by atoms with van der Waals surface area (Å²) in [4.78, 5) is 13.7. The molecule has 0 spiro atoms. The predicted molar refractivity (Wildman–Crippen MR) is 59.6 cm³/mol. The van der Waals surface area contributed by atoms with Crippen molar-refractivity contribution in [1.82, 2.24) is 10.2 Å². The topological polar surface area (TPSA) is 52.6 Å². The number of amides is 1. The quantitative estimate of drug-likeness (QED) is 0.671. The van der Waals surface area contributed by atoms with E-state index in [4.69, 9.17) is 5.11 Å². The van der Waals surface area contributed by atoms with E-state index in [0.717, 1.165) is 19.6 Å². The molecule has 0 bridgehead atoms. The molecule has 0 radical (unpaired) electrons. The van der Waals surface area contributed by atoms with E-state index >= 15 is 0 Å². The summed E-state index contributed by atoms with van der Waals surface area (Å²) < 4.78 is 0. The molecule has 1 heterocycles. The van der Waals surface area contributed by atoms with Crippen molar-refractivity contribution in [3.05, 3.63) is 0 Å². The Morgan fingerprint density at radius 3 is 2.73 bits per heavy atom. The molecular formula is C11H22N2O2. The molecule has 15 heavy (non-hydrogen) atoms. The zero-order chi connectivity index (χ0) is 11.1. The Hall–Kier alpha value is -0.610. The number of rotatable bonds is 6. The molecule has 1 fully saturated rings. The second kappa shape index (κ2) is 6.80. The number of hydrogen-bond donors (Lipinski definition) is 2. The maximum atomic E-state index is 11.3. The van der Waals surface area contributed by atoms with Crippen molar-refractivity contribution in [3.8, 4) is 0 Å². The molecule has 1 amide bonds. The highest BCUT2D eigenvalue weighted by molar-refractivity contribution is 5.75. The van der Waals surface area contributed by atoms with Crippen molar-refractivity contribution in [2.45, 2.75) is 38.6 Å². The minimum absolute atomic E-state index is 0.0510. The molecule has 1 rings (SSSR count). The van der Waals surface area contributed by atoms with Gasteiger partial charge in [-0.25, -0.2) is 0 Å². The fourth-order valence-electron chi connectivity index (χ4n) is 1.90. The van der Waals surface area contributed by atoms with Gasteiger partial charge >= 0.3 is 0 Å². The third-order valence-electron chi connectivity index (χ3n) is 2.92. The van der Waals surface area contributed by atoms with Crippen LogP contribution in [0.1, 0.15) is 32.6 Å². The van der Waals surface area contributed by atoms with Gasteiger partial charge in [-0.05, 0) is 39.3 Å². The van der Waals surface area contributed by atoms with Crippen LogP contribution in [0.4, 0.5) is 0 Å². The Bertz CT molecular complexity index is 191. The lowest BCUT2D eigenvalue weighted by atomic mass is 10.2. The molecule has 1 atom stereocenters. The predicted octanol–water partition coefficient (Wildman–Crippen LogP) is 0.359. The molecule has 0 aromatic rings. The normalized spacial score (nSPS) is 19.1. The average molecular weight is 214 g/mol. The lowest BCUT2D eigenvalue weighted by Gasteiger charge is -2.23. The van der Waals surface area contributed by atoms with Gasteiger partial charge in [-0.1, -0.05) is 0 Å². The molecule has 1 saturated heterocycles. The lowest BCUT2D eigenvalue weighted by Crippen LogP contribution is -2.40. The smallest absolute Gasteiger partial charge is 0.220 e. The van der Waals surface area contributed by atoms with E-state index in [1.54, 1.807) is 0 Å². The van der Waals surface area contributed by atoms with Gasteiger partial charge in [0.1, 0.15) is 0 Å². The average Bonchev–Trinajstić information content (AvgIpc) is 2.76. The van der Waals surface area contributed by atoms with E-state index < -0.39 is 0 Å². The van der Waals surface area contributed by atoms with Gasteiger partial charge in [-0.2, -0.15) is 0 Å². The Balaban J connectivity index is 2.09. The molecule has 1 aliphatic rings. The summed E-state index contributed by atoms with van der Waals surface area (Å²) >= 11 is 0. The fraction of sp³-hybridized carbons (Fsp3) is 0.909. The number of carbonyl (C=O) groups excluding carboxylic acids is 1. The van der Waals surface area contributed by atoms with Gasteiger partial charge in [0.25, 0.3) is 0 Å². The van der Waals surface area contributed by atoms with Gasteiger partial charge in [0.05, 0.1) is 0 Å². The summed E-state index contributed by atoms with van der Waals surface area (Å²) in [5.74, 6) is 0.0510. The highest BCUT2D eigenvalue weighted by atomic mass is 16.3. The van der Waals surface area contributed by atoms with Gasteiger partial charge in [0.15, 0.2) is 0 Å². The standard InChI is InChI=1S/C11H22N2O2/c1-10(13-6-2-3-7-13)9-12-11(15)5-4-8-14/h10,14H,2-9H2,1H3,(H,12,15). The van der Waals surface area contributed by atoms with Crippen LogP contribution in [-0.2, 0) is 4.79 Å². The number of carbonyl (C=O) groups is 1. The number of likely N-dealkylation sites (tertiary alicyclic amines) is 1. The zero-order valence-electron chi connectivity index (χ0n) is 9.54. The van der Waals surface area contributed by atoms with Crippen molar-refractivity contribution < 1.29 is 9.90 Å². The molecule has 0 aliphatic carbocycles. The van der Waals surface area contributed by atoms with Gasteiger partial charge in [-0.15, -0.1) is 0 Å². The van der Waals surface area contributed by atoms with Crippen LogP contribution in [0.2, 0.25) is 0 Å². The van der Waals surface area contributed by atoms with E-state index in [-0.39, 0.29) is 12.5 Å². The first-order chi connectivity index (χ1) is 7.24. The molecule has 88 valence electrons. The Morgan fingerprint density at radius 2 is 2.13 bits per heavy atom. The monoisotopic (exact) mass is 214 g/mol. The first-order valence-corrected chi connectivity index (χ1v) is 5.85. The second-order valence-corrected chi connectivity index (χ2v) is 4.22. The molecule has 0 saturated carbocycles. The van der Waals surface area contributed by atoms with Gasteiger partial charge < -0.3 is 10.4 Å². The Labute approximate surface area is 91.6 Å². The highest BCUT2D eigenvalue weighted by Crippen LogP contribution is 2.10. The molecular weight excluding hydrogens is 192 g/mol. The second-order valence-electron chi connectivity index (χ2n) is 4.22. The summed E-state index contributed by atoms with van der Waals surface area (Å²) in [7, 11) is 0. The summed E-state index contributed by atoms with van der Waals surface area (Å²) in [5.41, 5.74) is 0. The Morgan fingerprint density at radius 1 is 1.47 bits per heavy atom. The van der Waals surface area contributed by atoms with Crippen LogP contribution < -0.4 is 5.32 Å². The third kappa shape index (κ3) is 4.62. The van der Waals surface area contributed by atoms with Crippen molar-refractivity contribution in [2.75, 3.05) is 26.2 Å². The molecule has 1 aliphatic heterocycles. The number of aliphatic hydroxyl groups excluding tert-OH is 1.